The molecule has 0 unspecified atom stereocenters. The molecule has 0 radical (unpaired) electrons. The van der Waals surface area contributed by atoms with Crippen LogP contribution in [0.2, 0.25) is 0 Å². The number of carbonyl (C=O) groups is 1. The molecule has 1 aromatic heterocycles. The van der Waals surface area contributed by atoms with Gasteiger partial charge in [-0.1, -0.05) is 13.8 Å². The smallest absolute Gasteiger partial charge is 0.355 e. The molecule has 1 N–H and O–H groups in total. The fourth-order valence-electron chi connectivity index (χ4n) is 1.35. The van der Waals surface area contributed by atoms with Gasteiger partial charge in [0.05, 0.1) is 6.07 Å². The van der Waals surface area contributed by atoms with Crippen molar-refractivity contribution in [2.45, 2.75) is 32.1 Å². The molecule has 4 nitrogen and oxygen atoms in total. The number of thiazole rings is 1. The second-order valence-electron chi connectivity index (χ2n) is 3.24. The van der Waals surface area contributed by atoms with Crippen molar-refractivity contribution in [2.75, 3.05) is 0 Å². The Bertz CT molecular complexity index is 402. The lowest BCUT2D eigenvalue weighted by Gasteiger charge is -2.19. The van der Waals surface area contributed by atoms with Crippen LogP contribution in [0.25, 0.3) is 0 Å². The molecule has 5 heteroatoms. The fraction of sp³-hybridized carbons (Fsp3) is 0.500. The maximum Gasteiger partial charge on any atom is 0.355 e. The minimum atomic E-state index is -1.04. The monoisotopic (exact) mass is 224 g/mol. The number of rotatable bonds is 4. The molecule has 0 aromatic carbocycles. The van der Waals surface area contributed by atoms with E-state index in [1.807, 2.05) is 13.8 Å². The van der Waals surface area contributed by atoms with E-state index in [0.29, 0.717) is 17.8 Å². The second kappa shape index (κ2) is 4.41. The van der Waals surface area contributed by atoms with Crippen molar-refractivity contribution in [3.63, 3.8) is 0 Å². The zero-order valence-electron chi connectivity index (χ0n) is 8.65. The van der Waals surface area contributed by atoms with Gasteiger partial charge in [0.2, 0.25) is 0 Å². The third-order valence-electron chi connectivity index (χ3n) is 2.55. The first-order valence-corrected chi connectivity index (χ1v) is 5.58. The molecule has 0 aliphatic carbocycles. The SMILES string of the molecule is CCC(C#N)(CC)c1nc(C(=O)O)cs1. The molecule has 0 amide bonds. The van der Waals surface area contributed by atoms with E-state index in [2.05, 4.69) is 11.1 Å². The zero-order chi connectivity index (χ0) is 11.5. The van der Waals surface area contributed by atoms with Crippen molar-refractivity contribution < 1.29 is 9.90 Å². The quantitative estimate of drug-likeness (QED) is 0.852. The fourth-order valence-corrected chi connectivity index (χ4v) is 2.44. The minimum absolute atomic E-state index is 0.0246. The highest BCUT2D eigenvalue weighted by Crippen LogP contribution is 2.33. The van der Waals surface area contributed by atoms with Gasteiger partial charge in [-0.25, -0.2) is 9.78 Å². The van der Waals surface area contributed by atoms with Gasteiger partial charge in [-0.2, -0.15) is 5.26 Å². The maximum atomic E-state index is 10.7. The Morgan fingerprint density at radius 1 is 1.67 bits per heavy atom. The summed E-state index contributed by atoms with van der Waals surface area (Å²) in [6.07, 6.45) is 1.29. The Kier molecular flexibility index (Phi) is 3.43. The first kappa shape index (κ1) is 11.7. The van der Waals surface area contributed by atoms with E-state index >= 15 is 0 Å². The molecule has 0 atom stereocenters. The van der Waals surface area contributed by atoms with Crippen LogP contribution in [-0.2, 0) is 5.41 Å². The number of carboxylic acid groups (broad SMARTS) is 1. The van der Waals surface area contributed by atoms with Crippen molar-refractivity contribution in [1.29, 1.82) is 5.26 Å². The van der Waals surface area contributed by atoms with Crippen molar-refractivity contribution in [2.24, 2.45) is 0 Å². The lowest BCUT2D eigenvalue weighted by atomic mass is 9.85. The zero-order valence-corrected chi connectivity index (χ0v) is 9.47. The van der Waals surface area contributed by atoms with E-state index in [1.54, 1.807) is 0 Å². The van der Waals surface area contributed by atoms with E-state index in [1.165, 1.54) is 16.7 Å². The number of nitrogens with zero attached hydrogens (tertiary/aromatic N) is 2. The summed E-state index contributed by atoms with van der Waals surface area (Å²) in [5, 5.41) is 20.0. The molecule has 0 aliphatic heterocycles. The van der Waals surface area contributed by atoms with Crippen LogP contribution in [0.3, 0.4) is 0 Å². The van der Waals surface area contributed by atoms with Gasteiger partial charge in [0.15, 0.2) is 5.69 Å². The number of hydrogen-bond acceptors (Lipinski definition) is 4. The first-order chi connectivity index (χ1) is 7.09. The average molecular weight is 224 g/mol. The summed E-state index contributed by atoms with van der Waals surface area (Å²) in [6.45, 7) is 3.82. The Hall–Kier alpha value is -1.41. The largest absolute Gasteiger partial charge is 0.476 e. The van der Waals surface area contributed by atoms with Crippen LogP contribution >= 0.6 is 11.3 Å². The predicted molar refractivity (Wildman–Crippen MR) is 56.9 cm³/mol. The van der Waals surface area contributed by atoms with Crippen molar-refractivity contribution in [3.8, 4) is 6.07 Å². The summed E-state index contributed by atoms with van der Waals surface area (Å²) in [4.78, 5) is 14.7. The van der Waals surface area contributed by atoms with Crippen molar-refractivity contribution >= 4 is 17.3 Å². The molecule has 0 spiro atoms. The third-order valence-corrected chi connectivity index (χ3v) is 3.60. The Balaban J connectivity index is 3.14. The number of aromatic carboxylic acids is 1. The summed E-state index contributed by atoms with van der Waals surface area (Å²) in [6, 6.07) is 2.24. The van der Waals surface area contributed by atoms with E-state index in [-0.39, 0.29) is 5.69 Å². The van der Waals surface area contributed by atoms with Gasteiger partial charge in [-0.3, -0.25) is 0 Å². The normalized spacial score (nSPS) is 11.0. The van der Waals surface area contributed by atoms with Crippen molar-refractivity contribution in [1.82, 2.24) is 4.98 Å². The summed E-state index contributed by atoms with van der Waals surface area (Å²) >= 11 is 1.24. The third kappa shape index (κ3) is 2.00. The topological polar surface area (TPSA) is 74.0 Å². The van der Waals surface area contributed by atoms with Crippen LogP contribution in [-0.4, -0.2) is 16.1 Å². The Labute approximate surface area is 92.2 Å². The number of carboxylic acids is 1. The Morgan fingerprint density at radius 2 is 2.27 bits per heavy atom. The molecule has 0 saturated carbocycles. The molecule has 0 aliphatic rings. The van der Waals surface area contributed by atoms with E-state index in [0.717, 1.165) is 0 Å². The maximum absolute atomic E-state index is 10.7. The molecule has 80 valence electrons. The van der Waals surface area contributed by atoms with E-state index in [4.69, 9.17) is 10.4 Å². The highest BCUT2D eigenvalue weighted by Gasteiger charge is 2.32. The van der Waals surface area contributed by atoms with Gasteiger partial charge in [0.25, 0.3) is 0 Å². The van der Waals surface area contributed by atoms with E-state index < -0.39 is 11.4 Å². The molecular weight excluding hydrogens is 212 g/mol. The summed E-state index contributed by atoms with van der Waals surface area (Å²) in [5.74, 6) is -1.04. The summed E-state index contributed by atoms with van der Waals surface area (Å²) in [7, 11) is 0. The molecule has 1 aromatic rings. The first-order valence-electron chi connectivity index (χ1n) is 4.70. The van der Waals surface area contributed by atoms with Crippen LogP contribution in [0.15, 0.2) is 5.38 Å². The highest BCUT2D eigenvalue weighted by molar-refractivity contribution is 7.10. The van der Waals surface area contributed by atoms with Gasteiger partial charge in [-0.15, -0.1) is 11.3 Å². The summed E-state index contributed by atoms with van der Waals surface area (Å²) < 4.78 is 0. The van der Waals surface area contributed by atoms with Crippen LogP contribution in [0.4, 0.5) is 0 Å². The lowest BCUT2D eigenvalue weighted by molar-refractivity contribution is 0.0691. The van der Waals surface area contributed by atoms with Crippen LogP contribution < -0.4 is 0 Å². The number of aromatic nitrogens is 1. The molecule has 1 heterocycles. The summed E-state index contributed by atoms with van der Waals surface area (Å²) in [5.41, 5.74) is -0.602. The molecule has 0 saturated heterocycles. The van der Waals surface area contributed by atoms with Gasteiger partial charge in [0, 0.05) is 5.38 Å². The van der Waals surface area contributed by atoms with Crippen molar-refractivity contribution in [3.05, 3.63) is 16.1 Å². The Morgan fingerprint density at radius 3 is 2.60 bits per heavy atom. The van der Waals surface area contributed by atoms with Crippen LogP contribution in [0, 0.1) is 11.3 Å². The van der Waals surface area contributed by atoms with Crippen LogP contribution in [0.1, 0.15) is 42.2 Å². The van der Waals surface area contributed by atoms with Gasteiger partial charge < -0.3 is 5.11 Å². The van der Waals surface area contributed by atoms with Gasteiger partial charge in [0.1, 0.15) is 10.4 Å². The number of nitriles is 1. The molecule has 0 bridgehead atoms. The molecule has 1 rings (SSSR count). The lowest BCUT2D eigenvalue weighted by Crippen LogP contribution is -2.21. The van der Waals surface area contributed by atoms with Crippen LogP contribution in [0.5, 0.6) is 0 Å². The predicted octanol–water partition coefficient (Wildman–Crippen LogP) is 2.42. The standard InChI is InChI=1S/C10H12N2O2S/c1-3-10(4-2,6-11)9-12-7(5-15-9)8(13)14/h5H,3-4H2,1-2H3,(H,13,14). The second-order valence-corrected chi connectivity index (χ2v) is 4.10. The highest BCUT2D eigenvalue weighted by atomic mass is 32.1. The molecular formula is C10H12N2O2S. The number of hydrogen-bond donors (Lipinski definition) is 1. The van der Waals surface area contributed by atoms with Gasteiger partial charge in [-0.05, 0) is 12.8 Å². The molecule has 15 heavy (non-hydrogen) atoms. The van der Waals surface area contributed by atoms with E-state index in [9.17, 15) is 4.79 Å². The average Bonchev–Trinajstić information content (AvgIpc) is 2.71. The molecule has 0 fully saturated rings. The minimum Gasteiger partial charge on any atom is -0.476 e. The van der Waals surface area contributed by atoms with Gasteiger partial charge >= 0.3 is 5.97 Å².